The van der Waals surface area contributed by atoms with Crippen LogP contribution in [0.15, 0.2) is 23.9 Å². The molecule has 2 unspecified atom stereocenters. The Balaban J connectivity index is 4.54. The smallest absolute Gasteiger partial charge is 0.349 e. The number of allylic oxidation sites excluding steroid dienone is 2. The Bertz CT molecular complexity index is 397. The number of nitrogens with zero attached hydrogens (tertiary/aromatic N) is 1. The number of unbranched alkanes of at least 4 members (excludes halogenated alkanes) is 1. The highest BCUT2D eigenvalue weighted by molar-refractivity contribution is 5.93. The topological polar surface area (TPSA) is 74.8 Å². The molecule has 21 heavy (non-hydrogen) atoms. The molecule has 0 saturated heterocycles. The maximum Gasteiger partial charge on any atom is 0.349 e. The third-order valence-corrected chi connectivity index (χ3v) is 3.09. The molecule has 0 radical (unpaired) electrons. The van der Waals surface area contributed by atoms with E-state index in [0.29, 0.717) is 6.54 Å². The number of carbonyl (C=O) groups is 1. The van der Waals surface area contributed by atoms with Crippen molar-refractivity contribution in [2.45, 2.75) is 46.1 Å². The van der Waals surface area contributed by atoms with Gasteiger partial charge in [-0.1, -0.05) is 19.8 Å². The second kappa shape index (κ2) is 12.1. The molecule has 5 nitrogen and oxygen atoms in total. The van der Waals surface area contributed by atoms with Crippen LogP contribution in [0.4, 0.5) is 0 Å². The van der Waals surface area contributed by atoms with Crippen LogP contribution in [0.25, 0.3) is 0 Å². The molecule has 0 aliphatic heterocycles. The summed E-state index contributed by atoms with van der Waals surface area (Å²) in [5.74, 6) is -0.578. The molecular weight excluding hydrogens is 268 g/mol. The van der Waals surface area contributed by atoms with Gasteiger partial charge in [0.2, 0.25) is 0 Å². The van der Waals surface area contributed by atoms with E-state index >= 15 is 0 Å². The van der Waals surface area contributed by atoms with Crippen molar-refractivity contribution in [1.29, 1.82) is 5.26 Å². The highest BCUT2D eigenvalue weighted by Crippen LogP contribution is 2.07. The summed E-state index contributed by atoms with van der Waals surface area (Å²) in [4.78, 5) is 12.9. The first-order valence-electron chi connectivity index (χ1n) is 7.53. The van der Waals surface area contributed by atoms with E-state index in [1.54, 1.807) is 6.08 Å². The van der Waals surface area contributed by atoms with Gasteiger partial charge in [0.15, 0.2) is 0 Å². The van der Waals surface area contributed by atoms with Gasteiger partial charge in [-0.05, 0) is 32.4 Å². The van der Waals surface area contributed by atoms with Gasteiger partial charge >= 0.3 is 5.97 Å². The number of ether oxygens (including phenoxy) is 1. The van der Waals surface area contributed by atoms with Crippen LogP contribution >= 0.6 is 0 Å². The molecule has 2 N–H and O–H groups in total. The van der Waals surface area contributed by atoms with Crippen LogP contribution in [0.1, 0.15) is 40.0 Å². The molecular formula is C16H27N2O3+. The Morgan fingerprint density at radius 3 is 2.71 bits per heavy atom. The molecule has 0 amide bonds. The number of carbonyl (C=O) groups excluding carboxylic acids is 1. The van der Waals surface area contributed by atoms with Gasteiger partial charge in [0.1, 0.15) is 18.2 Å². The second-order valence-corrected chi connectivity index (χ2v) is 4.89. The lowest BCUT2D eigenvalue weighted by atomic mass is 10.2. The number of quaternary nitrogens is 1. The zero-order valence-corrected chi connectivity index (χ0v) is 13.3. The standard InChI is InChI=1S/C16H26N2O3/c1-4-6-8-14(3)21-16(20)15(13-17)9-7-10-18(5-2)11-12-19/h7,9-10,14,19H,4-6,8,11-12H2,1-3H3/p+1. The van der Waals surface area contributed by atoms with E-state index in [9.17, 15) is 4.79 Å². The highest BCUT2D eigenvalue weighted by Gasteiger charge is 2.13. The van der Waals surface area contributed by atoms with Crippen LogP contribution < -0.4 is 4.90 Å². The molecule has 0 fully saturated rings. The van der Waals surface area contributed by atoms with Gasteiger partial charge in [0.05, 0.1) is 25.5 Å². The number of hydrogen-bond acceptors (Lipinski definition) is 4. The summed E-state index contributed by atoms with van der Waals surface area (Å²) in [6.45, 7) is 7.43. The molecule has 0 rings (SSSR count). The predicted octanol–water partition coefficient (Wildman–Crippen LogP) is 0.969. The molecule has 118 valence electrons. The summed E-state index contributed by atoms with van der Waals surface area (Å²) in [7, 11) is 0. The molecule has 0 aromatic rings. The fourth-order valence-electron chi connectivity index (χ4n) is 1.75. The van der Waals surface area contributed by atoms with Gasteiger partial charge < -0.3 is 14.7 Å². The van der Waals surface area contributed by atoms with E-state index in [0.717, 1.165) is 30.7 Å². The molecule has 0 aliphatic carbocycles. The number of aliphatic hydroxyl groups is 1. The van der Waals surface area contributed by atoms with E-state index in [4.69, 9.17) is 15.1 Å². The normalized spacial score (nSPS) is 14.7. The third-order valence-electron chi connectivity index (χ3n) is 3.09. The minimum atomic E-state index is -0.578. The van der Waals surface area contributed by atoms with Gasteiger partial charge in [-0.15, -0.1) is 0 Å². The summed E-state index contributed by atoms with van der Waals surface area (Å²) in [6, 6.07) is 1.86. The number of esters is 1. The Kier molecular flexibility index (Phi) is 11.2. The van der Waals surface area contributed by atoms with E-state index in [1.165, 1.54) is 6.08 Å². The predicted molar refractivity (Wildman–Crippen MR) is 81.4 cm³/mol. The Labute approximate surface area is 127 Å². The fourth-order valence-corrected chi connectivity index (χ4v) is 1.75. The Morgan fingerprint density at radius 1 is 1.48 bits per heavy atom. The third kappa shape index (κ3) is 9.01. The minimum absolute atomic E-state index is 0.00551. The molecule has 0 aliphatic rings. The molecule has 0 bridgehead atoms. The summed E-state index contributed by atoms with van der Waals surface area (Å²) >= 11 is 0. The average Bonchev–Trinajstić information content (AvgIpc) is 2.48. The van der Waals surface area contributed by atoms with Crippen molar-refractivity contribution in [1.82, 2.24) is 0 Å². The lowest BCUT2D eigenvalue weighted by Crippen LogP contribution is -3.07. The maximum absolute atomic E-state index is 11.8. The fraction of sp³-hybridized carbons (Fsp3) is 0.625. The number of nitrogens with one attached hydrogen (secondary N) is 1. The highest BCUT2D eigenvalue weighted by atomic mass is 16.5. The van der Waals surface area contributed by atoms with Crippen LogP contribution in [0.3, 0.4) is 0 Å². The van der Waals surface area contributed by atoms with Gasteiger partial charge in [-0.2, -0.15) is 5.26 Å². The molecule has 5 heteroatoms. The first-order chi connectivity index (χ1) is 10.1. The van der Waals surface area contributed by atoms with Crippen molar-refractivity contribution in [3.05, 3.63) is 23.9 Å². The number of hydrogen-bond donors (Lipinski definition) is 2. The summed E-state index contributed by atoms with van der Waals surface area (Å²) in [6.07, 6.45) is 7.61. The van der Waals surface area contributed by atoms with Crippen LogP contribution in [-0.2, 0) is 9.53 Å². The first-order valence-corrected chi connectivity index (χ1v) is 7.53. The number of nitriles is 1. The van der Waals surface area contributed by atoms with Crippen molar-refractivity contribution in [3.63, 3.8) is 0 Å². The Hall–Kier alpha value is -1.64. The zero-order chi connectivity index (χ0) is 16.1. The molecule has 0 heterocycles. The minimum Gasteiger partial charge on any atom is -0.459 e. The van der Waals surface area contributed by atoms with Crippen LogP contribution in [-0.4, -0.2) is 36.9 Å². The van der Waals surface area contributed by atoms with Crippen molar-refractivity contribution >= 4 is 5.97 Å². The largest absolute Gasteiger partial charge is 0.459 e. The monoisotopic (exact) mass is 295 g/mol. The van der Waals surface area contributed by atoms with Crippen LogP contribution in [0, 0.1) is 11.3 Å². The van der Waals surface area contributed by atoms with Crippen LogP contribution in [0.2, 0.25) is 0 Å². The lowest BCUT2D eigenvalue weighted by molar-refractivity contribution is -0.845. The molecule has 2 atom stereocenters. The molecule has 0 spiro atoms. The quantitative estimate of drug-likeness (QED) is 0.272. The van der Waals surface area contributed by atoms with E-state index < -0.39 is 5.97 Å². The summed E-state index contributed by atoms with van der Waals surface area (Å²) in [5.41, 5.74) is -0.00551. The second-order valence-electron chi connectivity index (χ2n) is 4.89. The van der Waals surface area contributed by atoms with E-state index in [2.05, 4.69) is 6.92 Å². The van der Waals surface area contributed by atoms with E-state index in [1.807, 2.05) is 26.1 Å². The number of aliphatic hydroxyl groups excluding tert-OH is 1. The van der Waals surface area contributed by atoms with Crippen molar-refractivity contribution in [2.24, 2.45) is 0 Å². The van der Waals surface area contributed by atoms with Crippen molar-refractivity contribution in [3.8, 4) is 6.07 Å². The average molecular weight is 295 g/mol. The zero-order valence-electron chi connectivity index (χ0n) is 13.3. The Morgan fingerprint density at radius 2 is 2.19 bits per heavy atom. The van der Waals surface area contributed by atoms with Crippen LogP contribution in [0.5, 0.6) is 0 Å². The van der Waals surface area contributed by atoms with Gasteiger partial charge in [-0.25, -0.2) is 4.79 Å². The maximum atomic E-state index is 11.8. The van der Waals surface area contributed by atoms with Crippen molar-refractivity contribution in [2.75, 3.05) is 19.7 Å². The lowest BCUT2D eigenvalue weighted by Gasteiger charge is -2.12. The summed E-state index contributed by atoms with van der Waals surface area (Å²) < 4.78 is 5.23. The number of likely N-dealkylation sites (N-methyl/N-ethyl adjacent to an activating group) is 1. The number of rotatable bonds is 10. The molecule has 0 aromatic heterocycles. The van der Waals surface area contributed by atoms with Gasteiger partial charge in [0.25, 0.3) is 0 Å². The molecule has 0 saturated carbocycles. The first kappa shape index (κ1) is 19.4. The van der Waals surface area contributed by atoms with Gasteiger partial charge in [0, 0.05) is 0 Å². The molecule has 0 aromatic carbocycles. The van der Waals surface area contributed by atoms with Crippen molar-refractivity contribution < 1.29 is 19.5 Å². The summed E-state index contributed by atoms with van der Waals surface area (Å²) in [5, 5.41) is 17.9. The van der Waals surface area contributed by atoms with E-state index in [-0.39, 0.29) is 18.3 Å². The van der Waals surface area contributed by atoms with Gasteiger partial charge in [-0.3, -0.25) is 0 Å². The SMILES string of the molecule is CCCCC(C)OC(=O)C(C#N)=CC=C[NH+](CC)CCO.